The first-order valence-electron chi connectivity index (χ1n) is 3.53. The predicted octanol–water partition coefficient (Wildman–Crippen LogP) is -0.151. The lowest BCUT2D eigenvalue weighted by atomic mass is 10.0. The maximum atomic E-state index is 8.81. The van der Waals surface area contributed by atoms with Gasteiger partial charge < -0.3 is 15.2 Å². The van der Waals surface area contributed by atoms with Crippen LogP contribution in [0.4, 0.5) is 0 Å². The van der Waals surface area contributed by atoms with Crippen molar-refractivity contribution in [3.63, 3.8) is 0 Å². The van der Waals surface area contributed by atoms with E-state index in [0.29, 0.717) is 12.5 Å². The zero-order valence-electron chi connectivity index (χ0n) is 6.92. The minimum absolute atomic E-state index is 0.153. The first-order valence-corrected chi connectivity index (χ1v) is 3.53. The number of rotatable bonds is 5. The molecule has 3 heteroatoms. The summed E-state index contributed by atoms with van der Waals surface area (Å²) in [7, 11) is 3.51. The van der Waals surface area contributed by atoms with Crippen LogP contribution < -0.4 is 5.32 Å². The van der Waals surface area contributed by atoms with Crippen molar-refractivity contribution in [3.8, 4) is 0 Å². The van der Waals surface area contributed by atoms with E-state index in [1.54, 1.807) is 7.11 Å². The summed E-state index contributed by atoms with van der Waals surface area (Å²) in [6, 6.07) is 0.153. The second-order valence-electron chi connectivity index (χ2n) is 2.51. The van der Waals surface area contributed by atoms with Crippen LogP contribution in [0.25, 0.3) is 0 Å². The van der Waals surface area contributed by atoms with Gasteiger partial charge in [0.2, 0.25) is 0 Å². The Hall–Kier alpha value is -0.120. The van der Waals surface area contributed by atoms with Crippen molar-refractivity contribution < 1.29 is 9.84 Å². The Morgan fingerprint density at radius 1 is 1.60 bits per heavy atom. The second kappa shape index (κ2) is 5.65. The van der Waals surface area contributed by atoms with Gasteiger partial charge in [-0.2, -0.15) is 0 Å². The number of likely N-dealkylation sites (N-methyl/N-ethyl adjacent to an activating group) is 1. The van der Waals surface area contributed by atoms with E-state index in [1.807, 2.05) is 14.0 Å². The average molecular weight is 147 g/mol. The average Bonchev–Trinajstić information content (AvgIpc) is 1.91. The molecule has 0 fully saturated rings. The maximum absolute atomic E-state index is 8.81. The Balaban J connectivity index is 3.53. The van der Waals surface area contributed by atoms with Crippen molar-refractivity contribution in [2.24, 2.45) is 5.92 Å². The first kappa shape index (κ1) is 9.88. The molecule has 2 unspecified atom stereocenters. The number of methoxy groups -OCH3 is 1. The highest BCUT2D eigenvalue weighted by Crippen LogP contribution is 2.01. The van der Waals surface area contributed by atoms with Crippen LogP contribution in [0.3, 0.4) is 0 Å². The van der Waals surface area contributed by atoms with E-state index < -0.39 is 0 Å². The van der Waals surface area contributed by atoms with Gasteiger partial charge >= 0.3 is 0 Å². The molecule has 0 aliphatic carbocycles. The van der Waals surface area contributed by atoms with E-state index in [2.05, 4.69) is 5.32 Å². The van der Waals surface area contributed by atoms with Gasteiger partial charge in [0.15, 0.2) is 0 Å². The Morgan fingerprint density at radius 2 is 2.20 bits per heavy atom. The van der Waals surface area contributed by atoms with Gasteiger partial charge in [0, 0.05) is 13.2 Å². The smallest absolute Gasteiger partial charge is 0.0588 e. The number of hydrogen-bond acceptors (Lipinski definition) is 3. The standard InChI is InChI=1S/C7H17NO2/c1-6(5-10-3)7(4-9)8-2/h6-9H,4-5H2,1-3H3. The van der Waals surface area contributed by atoms with E-state index in [4.69, 9.17) is 9.84 Å². The highest BCUT2D eigenvalue weighted by Gasteiger charge is 2.12. The molecule has 0 aromatic carbocycles. The lowest BCUT2D eigenvalue weighted by Crippen LogP contribution is -2.37. The third-order valence-corrected chi connectivity index (χ3v) is 1.68. The molecule has 3 nitrogen and oxygen atoms in total. The third-order valence-electron chi connectivity index (χ3n) is 1.68. The minimum Gasteiger partial charge on any atom is -0.395 e. The number of ether oxygens (including phenoxy) is 1. The fourth-order valence-corrected chi connectivity index (χ4v) is 0.935. The van der Waals surface area contributed by atoms with Crippen molar-refractivity contribution in [1.29, 1.82) is 0 Å². The molecule has 0 rings (SSSR count). The van der Waals surface area contributed by atoms with E-state index in [9.17, 15) is 0 Å². The highest BCUT2D eigenvalue weighted by atomic mass is 16.5. The number of hydrogen-bond donors (Lipinski definition) is 2. The van der Waals surface area contributed by atoms with Gasteiger partial charge in [0.05, 0.1) is 13.2 Å². The molecule has 2 atom stereocenters. The normalized spacial score (nSPS) is 16.8. The Bertz CT molecular complexity index is 74.0. The predicted molar refractivity (Wildman–Crippen MR) is 41.0 cm³/mol. The van der Waals surface area contributed by atoms with Crippen LogP contribution in [-0.2, 0) is 4.74 Å². The van der Waals surface area contributed by atoms with Gasteiger partial charge in [-0.25, -0.2) is 0 Å². The number of nitrogens with one attached hydrogen (secondary N) is 1. The molecule has 0 saturated carbocycles. The molecule has 10 heavy (non-hydrogen) atoms. The number of aliphatic hydroxyl groups excluding tert-OH is 1. The SMILES string of the molecule is CNC(CO)C(C)COC. The molecular weight excluding hydrogens is 130 g/mol. The van der Waals surface area contributed by atoms with E-state index in [1.165, 1.54) is 0 Å². The summed E-state index contributed by atoms with van der Waals surface area (Å²) < 4.78 is 4.94. The fraction of sp³-hybridized carbons (Fsp3) is 1.00. The fourth-order valence-electron chi connectivity index (χ4n) is 0.935. The van der Waals surface area contributed by atoms with Crippen LogP contribution in [0, 0.1) is 5.92 Å². The summed E-state index contributed by atoms with van der Waals surface area (Å²) in [5.41, 5.74) is 0. The zero-order chi connectivity index (χ0) is 7.98. The molecule has 0 aromatic rings. The van der Waals surface area contributed by atoms with Crippen LogP contribution in [0.1, 0.15) is 6.92 Å². The van der Waals surface area contributed by atoms with Gasteiger partial charge in [-0.1, -0.05) is 6.92 Å². The van der Waals surface area contributed by atoms with Crippen LogP contribution in [0.5, 0.6) is 0 Å². The summed E-state index contributed by atoms with van der Waals surface area (Å²) in [6.45, 7) is 2.90. The lowest BCUT2D eigenvalue weighted by Gasteiger charge is -2.19. The van der Waals surface area contributed by atoms with Crippen molar-refractivity contribution in [1.82, 2.24) is 5.32 Å². The van der Waals surface area contributed by atoms with Gasteiger partial charge in [0.1, 0.15) is 0 Å². The topological polar surface area (TPSA) is 41.5 Å². The molecule has 0 spiro atoms. The summed E-state index contributed by atoms with van der Waals surface area (Å²) in [6.07, 6.45) is 0. The molecule has 0 amide bonds. The lowest BCUT2D eigenvalue weighted by molar-refractivity contribution is 0.117. The van der Waals surface area contributed by atoms with E-state index in [-0.39, 0.29) is 12.6 Å². The van der Waals surface area contributed by atoms with Gasteiger partial charge in [0.25, 0.3) is 0 Å². The summed E-state index contributed by atoms with van der Waals surface area (Å²) in [5.74, 6) is 0.361. The molecule has 0 aliphatic rings. The molecule has 0 radical (unpaired) electrons. The molecule has 0 aliphatic heterocycles. The van der Waals surface area contributed by atoms with Gasteiger partial charge in [-0.05, 0) is 13.0 Å². The summed E-state index contributed by atoms with van der Waals surface area (Å²) in [4.78, 5) is 0. The van der Waals surface area contributed by atoms with E-state index >= 15 is 0 Å². The minimum atomic E-state index is 0.153. The van der Waals surface area contributed by atoms with E-state index in [0.717, 1.165) is 0 Å². The molecule has 0 bridgehead atoms. The largest absolute Gasteiger partial charge is 0.395 e. The van der Waals surface area contributed by atoms with Crippen LogP contribution in [0.15, 0.2) is 0 Å². The Labute approximate surface area is 62.4 Å². The van der Waals surface area contributed by atoms with Crippen molar-refractivity contribution >= 4 is 0 Å². The van der Waals surface area contributed by atoms with Crippen LogP contribution >= 0.6 is 0 Å². The summed E-state index contributed by atoms with van der Waals surface area (Å²) in [5, 5.41) is 11.8. The quantitative estimate of drug-likeness (QED) is 0.568. The second-order valence-corrected chi connectivity index (χ2v) is 2.51. The molecular formula is C7H17NO2. The Kier molecular flexibility index (Phi) is 5.58. The molecule has 0 saturated heterocycles. The molecule has 0 heterocycles. The van der Waals surface area contributed by atoms with Crippen molar-refractivity contribution in [3.05, 3.63) is 0 Å². The highest BCUT2D eigenvalue weighted by molar-refractivity contribution is 4.69. The summed E-state index contributed by atoms with van der Waals surface area (Å²) >= 11 is 0. The maximum Gasteiger partial charge on any atom is 0.0588 e. The van der Waals surface area contributed by atoms with Gasteiger partial charge in [-0.3, -0.25) is 0 Å². The number of aliphatic hydroxyl groups is 1. The van der Waals surface area contributed by atoms with Crippen molar-refractivity contribution in [2.75, 3.05) is 27.4 Å². The molecule has 0 aromatic heterocycles. The van der Waals surface area contributed by atoms with Crippen molar-refractivity contribution in [2.45, 2.75) is 13.0 Å². The van der Waals surface area contributed by atoms with Crippen LogP contribution in [-0.4, -0.2) is 38.5 Å². The first-order chi connectivity index (χ1) is 4.76. The monoisotopic (exact) mass is 147 g/mol. The van der Waals surface area contributed by atoms with Gasteiger partial charge in [-0.15, -0.1) is 0 Å². The Morgan fingerprint density at radius 3 is 2.50 bits per heavy atom. The molecule has 62 valence electrons. The third kappa shape index (κ3) is 3.15. The zero-order valence-corrected chi connectivity index (χ0v) is 6.92. The molecule has 2 N–H and O–H groups in total. The van der Waals surface area contributed by atoms with Crippen LogP contribution in [0.2, 0.25) is 0 Å².